The summed E-state index contributed by atoms with van der Waals surface area (Å²) in [4.78, 5) is 40.2. The number of amides is 2. The molecule has 0 aromatic rings. The maximum Gasteiger partial charge on any atom is 0.310 e. The minimum absolute atomic E-state index is 0.0293. The van der Waals surface area contributed by atoms with E-state index in [-0.39, 0.29) is 18.2 Å². The van der Waals surface area contributed by atoms with Gasteiger partial charge in [0, 0.05) is 36.8 Å². The van der Waals surface area contributed by atoms with Crippen molar-refractivity contribution in [3.05, 3.63) is 0 Å². The first-order valence-corrected chi connectivity index (χ1v) is 10.3. The van der Waals surface area contributed by atoms with Gasteiger partial charge < -0.3 is 14.9 Å². The molecule has 0 aromatic carbocycles. The highest BCUT2D eigenvalue weighted by Crippen LogP contribution is 2.45. The SMILES string of the molecule is O=C(C1CSCN1C(=O)CC1(C(=O)O)CCC1)N1CCSCC1. The lowest BCUT2D eigenvalue weighted by Gasteiger charge is -2.39. The summed E-state index contributed by atoms with van der Waals surface area (Å²) in [5.74, 6) is 1.98. The molecule has 0 radical (unpaired) electrons. The molecule has 2 aliphatic heterocycles. The van der Waals surface area contributed by atoms with E-state index in [0.717, 1.165) is 31.0 Å². The fourth-order valence-corrected chi connectivity index (χ4v) is 5.42. The first-order valence-electron chi connectivity index (χ1n) is 8.01. The van der Waals surface area contributed by atoms with Crippen LogP contribution in [-0.4, -0.2) is 75.0 Å². The third kappa shape index (κ3) is 3.33. The van der Waals surface area contributed by atoms with E-state index in [9.17, 15) is 19.5 Å². The highest BCUT2D eigenvalue weighted by atomic mass is 32.2. The lowest BCUT2D eigenvalue weighted by atomic mass is 9.66. The van der Waals surface area contributed by atoms with Gasteiger partial charge in [0.05, 0.1) is 11.3 Å². The maximum atomic E-state index is 12.7. The summed E-state index contributed by atoms with van der Waals surface area (Å²) < 4.78 is 0. The molecule has 1 unspecified atom stereocenters. The van der Waals surface area contributed by atoms with Crippen molar-refractivity contribution in [2.75, 3.05) is 36.2 Å². The Morgan fingerprint density at radius 3 is 2.39 bits per heavy atom. The molecule has 23 heavy (non-hydrogen) atoms. The number of hydrogen-bond donors (Lipinski definition) is 1. The minimum Gasteiger partial charge on any atom is -0.481 e. The first-order chi connectivity index (χ1) is 11.0. The zero-order valence-corrected chi connectivity index (χ0v) is 14.7. The van der Waals surface area contributed by atoms with Crippen molar-refractivity contribution >= 4 is 41.3 Å². The molecule has 0 bridgehead atoms. The molecule has 3 fully saturated rings. The van der Waals surface area contributed by atoms with Crippen LogP contribution in [0.4, 0.5) is 0 Å². The standard InChI is InChI=1S/C15H22N2O4S2/c18-12(8-15(14(20)21)2-1-3-15)17-10-23-9-11(17)13(19)16-4-6-22-7-5-16/h11H,1-10H2,(H,20,21). The van der Waals surface area contributed by atoms with E-state index >= 15 is 0 Å². The number of nitrogens with zero attached hydrogens (tertiary/aromatic N) is 2. The smallest absolute Gasteiger partial charge is 0.310 e. The number of thioether (sulfide) groups is 2. The Labute approximate surface area is 144 Å². The van der Waals surface area contributed by atoms with E-state index in [1.165, 1.54) is 0 Å². The van der Waals surface area contributed by atoms with Gasteiger partial charge in [0.15, 0.2) is 0 Å². The quantitative estimate of drug-likeness (QED) is 0.811. The van der Waals surface area contributed by atoms with E-state index in [1.54, 1.807) is 16.7 Å². The molecule has 2 amide bonds. The van der Waals surface area contributed by atoms with E-state index in [1.807, 2.05) is 16.7 Å². The molecule has 0 aromatic heterocycles. The Hall–Kier alpha value is -0.890. The highest BCUT2D eigenvalue weighted by molar-refractivity contribution is 7.99. The van der Waals surface area contributed by atoms with Crippen LogP contribution < -0.4 is 0 Å². The van der Waals surface area contributed by atoms with Crippen molar-refractivity contribution in [1.29, 1.82) is 0 Å². The summed E-state index contributed by atoms with van der Waals surface area (Å²) in [7, 11) is 0. The first kappa shape index (κ1) is 17.0. The molecule has 8 heteroatoms. The summed E-state index contributed by atoms with van der Waals surface area (Å²) in [5.41, 5.74) is -0.889. The lowest BCUT2D eigenvalue weighted by molar-refractivity contribution is -0.160. The molecule has 1 aliphatic carbocycles. The summed E-state index contributed by atoms with van der Waals surface area (Å²) >= 11 is 3.42. The molecule has 3 rings (SSSR count). The number of carbonyl (C=O) groups excluding carboxylic acids is 2. The van der Waals surface area contributed by atoms with Crippen LogP contribution in [0.1, 0.15) is 25.7 Å². The topological polar surface area (TPSA) is 77.9 Å². The normalized spacial score (nSPS) is 26.7. The number of carboxylic acids is 1. The van der Waals surface area contributed by atoms with Crippen molar-refractivity contribution in [2.45, 2.75) is 31.7 Å². The Morgan fingerprint density at radius 1 is 1.13 bits per heavy atom. The van der Waals surface area contributed by atoms with Crippen molar-refractivity contribution in [3.63, 3.8) is 0 Å². The van der Waals surface area contributed by atoms with Crippen LogP contribution in [0.25, 0.3) is 0 Å². The zero-order chi connectivity index (χ0) is 16.4. The van der Waals surface area contributed by atoms with Crippen LogP contribution in [0.5, 0.6) is 0 Å². The van der Waals surface area contributed by atoms with Crippen molar-refractivity contribution in [2.24, 2.45) is 5.41 Å². The Kier molecular flexibility index (Phi) is 5.10. The van der Waals surface area contributed by atoms with E-state index in [0.29, 0.717) is 24.5 Å². The number of carbonyl (C=O) groups is 3. The molecule has 3 aliphatic rings. The zero-order valence-electron chi connectivity index (χ0n) is 13.0. The number of rotatable bonds is 4. The van der Waals surface area contributed by atoms with Gasteiger partial charge >= 0.3 is 5.97 Å². The maximum absolute atomic E-state index is 12.7. The van der Waals surface area contributed by atoms with Gasteiger partial charge in [0.2, 0.25) is 11.8 Å². The van der Waals surface area contributed by atoms with Crippen LogP contribution in [0.3, 0.4) is 0 Å². The molecule has 1 saturated carbocycles. The van der Waals surface area contributed by atoms with Crippen molar-refractivity contribution in [1.82, 2.24) is 9.80 Å². The third-order valence-electron chi connectivity index (χ3n) is 5.06. The van der Waals surface area contributed by atoms with Gasteiger partial charge in [-0.3, -0.25) is 14.4 Å². The fraction of sp³-hybridized carbons (Fsp3) is 0.800. The lowest BCUT2D eigenvalue weighted by Crippen LogP contribution is -2.52. The van der Waals surface area contributed by atoms with Gasteiger partial charge in [-0.1, -0.05) is 6.42 Å². The molecular weight excluding hydrogens is 336 g/mol. The largest absolute Gasteiger partial charge is 0.481 e. The predicted molar refractivity (Wildman–Crippen MR) is 90.4 cm³/mol. The summed E-state index contributed by atoms with van der Waals surface area (Å²) in [6.45, 7) is 1.48. The Morgan fingerprint density at radius 2 is 1.83 bits per heavy atom. The van der Waals surface area contributed by atoms with Gasteiger partial charge in [0.1, 0.15) is 6.04 Å². The predicted octanol–water partition coefficient (Wildman–Crippen LogP) is 1.11. The van der Waals surface area contributed by atoms with Crippen LogP contribution in [0.2, 0.25) is 0 Å². The summed E-state index contributed by atoms with van der Waals surface area (Å²) in [5, 5.41) is 9.40. The highest BCUT2D eigenvalue weighted by Gasteiger charge is 2.48. The van der Waals surface area contributed by atoms with Crippen molar-refractivity contribution < 1.29 is 19.5 Å². The molecule has 2 saturated heterocycles. The van der Waals surface area contributed by atoms with Crippen LogP contribution >= 0.6 is 23.5 Å². The molecule has 6 nitrogen and oxygen atoms in total. The fourth-order valence-electron chi connectivity index (χ4n) is 3.35. The molecule has 1 atom stereocenters. The number of hydrogen-bond acceptors (Lipinski definition) is 5. The van der Waals surface area contributed by atoms with Gasteiger partial charge in [0.25, 0.3) is 0 Å². The number of aliphatic carboxylic acids is 1. The van der Waals surface area contributed by atoms with Gasteiger partial charge in [-0.25, -0.2) is 0 Å². The Balaban J connectivity index is 1.65. The molecule has 128 valence electrons. The minimum atomic E-state index is -0.889. The second-order valence-corrected chi connectivity index (χ2v) is 8.66. The average Bonchev–Trinajstić information content (AvgIpc) is 3.00. The molecule has 0 spiro atoms. The van der Waals surface area contributed by atoms with Gasteiger partial charge in [-0.2, -0.15) is 11.8 Å². The van der Waals surface area contributed by atoms with Crippen LogP contribution in [0.15, 0.2) is 0 Å². The van der Waals surface area contributed by atoms with E-state index in [2.05, 4.69) is 0 Å². The third-order valence-corrected chi connectivity index (χ3v) is 7.02. The summed E-state index contributed by atoms with van der Waals surface area (Å²) in [6.07, 6.45) is 2.03. The molecular formula is C15H22N2O4S2. The Bertz CT molecular complexity index is 504. The van der Waals surface area contributed by atoms with E-state index in [4.69, 9.17) is 0 Å². The second-order valence-electron chi connectivity index (χ2n) is 6.43. The molecule has 2 heterocycles. The van der Waals surface area contributed by atoms with Crippen molar-refractivity contribution in [3.8, 4) is 0 Å². The van der Waals surface area contributed by atoms with E-state index < -0.39 is 17.4 Å². The monoisotopic (exact) mass is 358 g/mol. The second kappa shape index (κ2) is 6.93. The van der Waals surface area contributed by atoms with Crippen LogP contribution in [-0.2, 0) is 14.4 Å². The van der Waals surface area contributed by atoms with Crippen LogP contribution in [0, 0.1) is 5.41 Å². The van der Waals surface area contributed by atoms with Gasteiger partial charge in [-0.15, -0.1) is 11.8 Å². The van der Waals surface area contributed by atoms with Gasteiger partial charge in [-0.05, 0) is 12.8 Å². The summed E-state index contributed by atoms with van der Waals surface area (Å²) in [6, 6.07) is -0.415. The average molecular weight is 358 g/mol. The number of carboxylic acid groups (broad SMARTS) is 1. The molecule has 1 N–H and O–H groups in total.